The molecule has 8 heteroatoms. The number of nitrogens with zero attached hydrogens (tertiary/aromatic N) is 4. The van der Waals surface area contributed by atoms with Crippen molar-refractivity contribution >= 4 is 18.5 Å². The largest absolute Gasteiger partial charge is 0.498 e. The minimum atomic E-state index is -0.437. The van der Waals surface area contributed by atoms with E-state index in [1.165, 1.54) is 12.8 Å². The summed E-state index contributed by atoms with van der Waals surface area (Å²) in [6, 6.07) is 0.433. The normalized spacial score (nSPS) is 25.0. The monoisotopic (exact) mass is 376 g/mol. The first kappa shape index (κ1) is 20.5. The van der Waals surface area contributed by atoms with Crippen LogP contribution in [0.1, 0.15) is 47.0 Å². The number of β-amino-alcohol motifs (C(OH)–C–C–N with tert-alkyl or cyclic N) is 1. The molecular weight excluding hydrogens is 343 g/mol. The molecule has 0 aliphatic carbocycles. The Bertz CT molecular complexity index is 608. The fraction of sp³-hybridized carbons (Fsp3) is 0.789. The third-order valence-corrected chi connectivity index (χ3v) is 6.15. The lowest BCUT2D eigenvalue weighted by molar-refractivity contribution is 0.00578. The smallest absolute Gasteiger partial charge is 0.399 e. The summed E-state index contributed by atoms with van der Waals surface area (Å²) < 4.78 is 12.1. The van der Waals surface area contributed by atoms with Crippen LogP contribution in [0.3, 0.4) is 0 Å². The number of aliphatic hydroxyl groups is 1. The zero-order valence-corrected chi connectivity index (χ0v) is 17.3. The Labute approximate surface area is 163 Å². The van der Waals surface area contributed by atoms with Crippen LogP contribution in [0.25, 0.3) is 0 Å². The van der Waals surface area contributed by atoms with Crippen LogP contribution in [-0.2, 0) is 9.31 Å². The number of aliphatic hydroxyl groups excluding tert-OH is 1. The molecule has 0 spiro atoms. The number of likely N-dealkylation sites (N-methyl/N-ethyl adjacent to an activating group) is 1. The molecule has 0 amide bonds. The quantitative estimate of drug-likeness (QED) is 0.745. The highest BCUT2D eigenvalue weighted by Crippen LogP contribution is 2.36. The molecule has 0 radical (unpaired) electrons. The van der Waals surface area contributed by atoms with Gasteiger partial charge < -0.3 is 19.3 Å². The molecule has 2 aliphatic rings. The van der Waals surface area contributed by atoms with Crippen LogP contribution in [-0.4, -0.2) is 77.6 Å². The molecule has 2 saturated heterocycles. The van der Waals surface area contributed by atoms with E-state index in [0.29, 0.717) is 12.0 Å². The lowest BCUT2D eigenvalue weighted by Crippen LogP contribution is -2.47. The topological polar surface area (TPSA) is 71.0 Å². The van der Waals surface area contributed by atoms with Crippen LogP contribution >= 0.6 is 0 Å². The Hall–Kier alpha value is -1.22. The molecule has 1 aromatic rings. The Balaban J connectivity index is 1.63. The molecule has 1 atom stereocenters. The van der Waals surface area contributed by atoms with E-state index in [1.807, 2.05) is 34.7 Å². The van der Waals surface area contributed by atoms with Gasteiger partial charge in [-0.05, 0) is 47.1 Å². The zero-order chi connectivity index (χ0) is 19.7. The molecule has 3 rings (SSSR count). The standard InChI is InChI=1S/C19H33BN4O3/c1-18(2)19(3,4)27-20(26-18)15-12-21-17(22-13-15)23(5)14-16-8-6-7-9-24(16)10-11-25/h12-13,16,25H,6-11,14H2,1-5H3. The third-order valence-electron chi connectivity index (χ3n) is 6.15. The van der Waals surface area contributed by atoms with Gasteiger partial charge in [0.2, 0.25) is 5.95 Å². The summed E-state index contributed by atoms with van der Waals surface area (Å²) in [6.07, 6.45) is 7.19. The summed E-state index contributed by atoms with van der Waals surface area (Å²) in [7, 11) is 1.59. The minimum absolute atomic E-state index is 0.208. The van der Waals surface area contributed by atoms with E-state index in [9.17, 15) is 5.11 Å². The second-order valence-electron chi connectivity index (χ2n) is 8.69. The molecule has 7 nitrogen and oxygen atoms in total. The first-order valence-corrected chi connectivity index (χ1v) is 9.97. The number of rotatable bonds is 6. The molecular formula is C19H33BN4O3. The highest BCUT2D eigenvalue weighted by Gasteiger charge is 2.52. The van der Waals surface area contributed by atoms with Gasteiger partial charge >= 0.3 is 7.12 Å². The number of aromatic nitrogens is 2. The van der Waals surface area contributed by atoms with Gasteiger partial charge in [0.05, 0.1) is 17.8 Å². The minimum Gasteiger partial charge on any atom is -0.399 e. The molecule has 1 aromatic heterocycles. The zero-order valence-electron chi connectivity index (χ0n) is 17.3. The van der Waals surface area contributed by atoms with Crippen molar-refractivity contribution in [3.63, 3.8) is 0 Å². The van der Waals surface area contributed by atoms with E-state index < -0.39 is 7.12 Å². The predicted molar refractivity (Wildman–Crippen MR) is 107 cm³/mol. The second kappa shape index (κ2) is 8.03. The molecule has 3 heterocycles. The summed E-state index contributed by atoms with van der Waals surface area (Å²) in [5.41, 5.74) is 0.0968. The first-order chi connectivity index (χ1) is 12.7. The van der Waals surface area contributed by atoms with Crippen LogP contribution in [0.4, 0.5) is 5.95 Å². The molecule has 150 valence electrons. The fourth-order valence-electron chi connectivity index (χ4n) is 3.72. The van der Waals surface area contributed by atoms with Gasteiger partial charge in [0.25, 0.3) is 0 Å². The van der Waals surface area contributed by atoms with Crippen molar-refractivity contribution < 1.29 is 14.4 Å². The molecule has 1 unspecified atom stereocenters. The molecule has 2 fully saturated rings. The summed E-state index contributed by atoms with van der Waals surface area (Å²) in [4.78, 5) is 13.5. The number of anilines is 1. The van der Waals surface area contributed by atoms with Crippen LogP contribution in [0.15, 0.2) is 12.4 Å². The van der Waals surface area contributed by atoms with Gasteiger partial charge in [0, 0.05) is 44.0 Å². The van der Waals surface area contributed by atoms with Gasteiger partial charge in [-0.2, -0.15) is 0 Å². The Morgan fingerprint density at radius 3 is 2.41 bits per heavy atom. The van der Waals surface area contributed by atoms with Gasteiger partial charge in [-0.1, -0.05) is 6.42 Å². The van der Waals surface area contributed by atoms with Crippen molar-refractivity contribution in [1.29, 1.82) is 0 Å². The Morgan fingerprint density at radius 1 is 1.19 bits per heavy atom. The van der Waals surface area contributed by atoms with E-state index in [4.69, 9.17) is 9.31 Å². The van der Waals surface area contributed by atoms with Crippen molar-refractivity contribution in [2.24, 2.45) is 0 Å². The third kappa shape index (κ3) is 4.45. The molecule has 27 heavy (non-hydrogen) atoms. The summed E-state index contributed by atoms with van der Waals surface area (Å²) in [5.74, 6) is 0.699. The van der Waals surface area contributed by atoms with Crippen molar-refractivity contribution in [2.75, 3.05) is 38.2 Å². The van der Waals surface area contributed by atoms with E-state index in [0.717, 1.165) is 31.5 Å². The predicted octanol–water partition coefficient (Wildman–Crippen LogP) is 1.06. The summed E-state index contributed by atoms with van der Waals surface area (Å²) in [6.45, 7) is 11.0. The number of piperidine rings is 1. The number of likely N-dealkylation sites (tertiary alicyclic amines) is 1. The van der Waals surface area contributed by atoms with E-state index in [2.05, 4.69) is 19.8 Å². The highest BCUT2D eigenvalue weighted by molar-refractivity contribution is 6.61. The van der Waals surface area contributed by atoms with Crippen molar-refractivity contribution in [2.45, 2.75) is 64.2 Å². The lowest BCUT2D eigenvalue weighted by atomic mass is 9.81. The fourth-order valence-corrected chi connectivity index (χ4v) is 3.72. The van der Waals surface area contributed by atoms with E-state index >= 15 is 0 Å². The second-order valence-corrected chi connectivity index (χ2v) is 8.69. The Morgan fingerprint density at radius 2 is 1.81 bits per heavy atom. The number of hydrogen-bond acceptors (Lipinski definition) is 7. The highest BCUT2D eigenvalue weighted by atomic mass is 16.7. The lowest BCUT2D eigenvalue weighted by Gasteiger charge is -2.37. The molecule has 1 N–H and O–H groups in total. The van der Waals surface area contributed by atoms with E-state index in [1.54, 1.807) is 12.4 Å². The Kier molecular flexibility index (Phi) is 6.10. The molecule has 0 bridgehead atoms. The van der Waals surface area contributed by atoms with Crippen LogP contribution < -0.4 is 10.4 Å². The summed E-state index contributed by atoms with van der Waals surface area (Å²) in [5, 5.41) is 9.29. The van der Waals surface area contributed by atoms with Gasteiger partial charge in [-0.3, -0.25) is 4.90 Å². The average molecular weight is 376 g/mol. The SMILES string of the molecule is CN(CC1CCCCN1CCO)c1ncc(B2OC(C)(C)C(C)(C)O2)cn1. The van der Waals surface area contributed by atoms with Crippen molar-refractivity contribution in [3.8, 4) is 0 Å². The molecule has 0 saturated carbocycles. The maximum atomic E-state index is 9.29. The molecule has 0 aromatic carbocycles. The van der Waals surface area contributed by atoms with Gasteiger partial charge in [-0.15, -0.1) is 0 Å². The number of hydrogen-bond donors (Lipinski definition) is 1. The van der Waals surface area contributed by atoms with Crippen molar-refractivity contribution in [3.05, 3.63) is 12.4 Å². The van der Waals surface area contributed by atoms with Gasteiger partial charge in [0.15, 0.2) is 0 Å². The van der Waals surface area contributed by atoms with Crippen LogP contribution in [0.5, 0.6) is 0 Å². The van der Waals surface area contributed by atoms with Crippen LogP contribution in [0, 0.1) is 0 Å². The summed E-state index contributed by atoms with van der Waals surface area (Å²) >= 11 is 0. The maximum Gasteiger partial charge on any atom is 0.498 e. The van der Waals surface area contributed by atoms with Gasteiger partial charge in [0.1, 0.15) is 0 Å². The first-order valence-electron chi connectivity index (χ1n) is 9.97. The van der Waals surface area contributed by atoms with Crippen molar-refractivity contribution in [1.82, 2.24) is 14.9 Å². The van der Waals surface area contributed by atoms with Crippen LogP contribution in [0.2, 0.25) is 0 Å². The average Bonchev–Trinajstić information content (AvgIpc) is 2.84. The molecule has 2 aliphatic heterocycles. The van der Waals surface area contributed by atoms with Gasteiger partial charge in [-0.25, -0.2) is 9.97 Å². The maximum absolute atomic E-state index is 9.29. The van der Waals surface area contributed by atoms with E-state index in [-0.39, 0.29) is 17.8 Å².